The second kappa shape index (κ2) is 3.11. The maximum absolute atomic E-state index is 2.69. The summed E-state index contributed by atoms with van der Waals surface area (Å²) in [6.45, 7) is 2.47. The van der Waals surface area contributed by atoms with E-state index >= 15 is 0 Å². The summed E-state index contributed by atoms with van der Waals surface area (Å²) < 4.78 is 0.907. The predicted molar refractivity (Wildman–Crippen MR) is 68.5 cm³/mol. The first kappa shape index (κ1) is 10.8. The Morgan fingerprint density at radius 3 is 2.00 bits per heavy atom. The Morgan fingerprint density at radius 1 is 1.00 bits per heavy atom. The molecule has 0 nitrogen and oxygen atoms in total. The summed E-state index contributed by atoms with van der Waals surface area (Å²) in [6.07, 6.45) is 7.96. The molecule has 4 saturated carbocycles. The molecule has 0 N–H and O–H groups in total. The minimum absolute atomic E-state index is 0.907. The second-order valence-corrected chi connectivity index (χ2v) is 23.5. The molecular weight excluding hydrogens is 287 g/mol. The van der Waals surface area contributed by atoms with Gasteiger partial charge in [0, 0.05) is 0 Å². The molecule has 4 fully saturated rings. The van der Waals surface area contributed by atoms with Crippen molar-refractivity contribution in [2.75, 3.05) is 0 Å². The van der Waals surface area contributed by atoms with Gasteiger partial charge in [0.1, 0.15) is 0 Å². The summed E-state index contributed by atoms with van der Waals surface area (Å²) in [5, 5.41) is 0. The molecule has 0 spiro atoms. The van der Waals surface area contributed by atoms with Crippen LogP contribution in [0.15, 0.2) is 0 Å². The Balaban J connectivity index is 1.96. The van der Waals surface area contributed by atoms with Crippen molar-refractivity contribution >= 4 is 18.4 Å². The number of rotatable bonds is 1. The van der Waals surface area contributed by atoms with Gasteiger partial charge in [-0.3, -0.25) is 0 Å². The topological polar surface area (TPSA) is 0 Å². The third kappa shape index (κ3) is 1.42. The van der Waals surface area contributed by atoms with Crippen LogP contribution in [0, 0.1) is 23.7 Å². The van der Waals surface area contributed by atoms with Crippen molar-refractivity contribution in [3.63, 3.8) is 0 Å². The van der Waals surface area contributed by atoms with E-state index in [0.29, 0.717) is 0 Å². The van der Waals surface area contributed by atoms with Gasteiger partial charge in [0.05, 0.1) is 0 Å². The Morgan fingerprint density at radius 2 is 1.53 bits per heavy atom. The fraction of sp³-hybridized carbons (Fsp3) is 0.929. The molecule has 0 radical (unpaired) electrons. The van der Waals surface area contributed by atoms with Gasteiger partial charge in [-0.2, -0.15) is 0 Å². The molecule has 84 valence electrons. The molecule has 2 unspecified atom stereocenters. The van der Waals surface area contributed by atoms with E-state index in [1.54, 1.807) is 32.1 Å². The molecular formula is C14H25Sn+. The summed E-state index contributed by atoms with van der Waals surface area (Å²) >= 11 is -1.71. The van der Waals surface area contributed by atoms with Crippen LogP contribution < -0.4 is 0 Å². The first-order valence-electron chi connectivity index (χ1n) is 6.75. The van der Waals surface area contributed by atoms with E-state index in [0.717, 1.165) is 21.2 Å². The van der Waals surface area contributed by atoms with Crippen LogP contribution in [-0.4, -0.2) is 18.4 Å². The zero-order chi connectivity index (χ0) is 10.8. The van der Waals surface area contributed by atoms with Crippen LogP contribution in [0.25, 0.3) is 0 Å². The molecule has 4 rings (SSSR count). The zero-order valence-corrected chi connectivity index (χ0v) is 13.6. The van der Waals surface area contributed by atoms with Gasteiger partial charge in [-0.15, -0.1) is 0 Å². The van der Waals surface area contributed by atoms with Crippen molar-refractivity contribution < 1.29 is 0 Å². The average molecular weight is 312 g/mol. The van der Waals surface area contributed by atoms with Crippen molar-refractivity contribution in [3.8, 4) is 0 Å². The van der Waals surface area contributed by atoms with Gasteiger partial charge in [0.2, 0.25) is 0 Å². The monoisotopic (exact) mass is 313 g/mol. The quantitative estimate of drug-likeness (QED) is 0.494. The van der Waals surface area contributed by atoms with Crippen molar-refractivity contribution in [2.45, 2.75) is 57.3 Å². The van der Waals surface area contributed by atoms with Crippen LogP contribution in [0.4, 0.5) is 0 Å². The molecule has 15 heavy (non-hydrogen) atoms. The summed E-state index contributed by atoms with van der Waals surface area (Å²) in [7, 11) is 0. The van der Waals surface area contributed by atoms with Crippen molar-refractivity contribution in [3.05, 3.63) is 5.92 Å². The van der Waals surface area contributed by atoms with E-state index < -0.39 is 18.4 Å². The van der Waals surface area contributed by atoms with Gasteiger partial charge in [-0.1, -0.05) is 0 Å². The van der Waals surface area contributed by atoms with Crippen LogP contribution in [0.3, 0.4) is 0 Å². The van der Waals surface area contributed by atoms with Gasteiger partial charge in [-0.25, -0.2) is 0 Å². The molecule has 0 aliphatic heterocycles. The molecule has 4 aliphatic rings. The number of hydrogen-bond acceptors (Lipinski definition) is 0. The summed E-state index contributed by atoms with van der Waals surface area (Å²) in [5.41, 5.74) is 0. The molecule has 4 bridgehead atoms. The van der Waals surface area contributed by atoms with Crippen molar-refractivity contribution in [1.82, 2.24) is 0 Å². The Hall–Kier alpha value is 0.669. The summed E-state index contributed by atoms with van der Waals surface area (Å²) in [4.78, 5) is 8.07. The third-order valence-corrected chi connectivity index (χ3v) is 16.9. The molecule has 0 heterocycles. The van der Waals surface area contributed by atoms with E-state index in [1.807, 2.05) is 5.92 Å². The van der Waals surface area contributed by atoms with E-state index in [1.165, 1.54) is 0 Å². The molecule has 0 aromatic carbocycles. The Kier molecular flexibility index (Phi) is 2.24. The van der Waals surface area contributed by atoms with E-state index in [2.05, 4.69) is 21.7 Å². The molecule has 0 aromatic rings. The summed E-state index contributed by atoms with van der Waals surface area (Å²) in [5.74, 6) is 5.12. The SMILES string of the molecule is C[C+]1[C@@H]2CC3C[C@H]1C[C]([Sn]([CH3])([CH3])[CH3])(C3)C2. The van der Waals surface area contributed by atoms with Crippen LogP contribution in [0.1, 0.15) is 39.0 Å². The zero-order valence-electron chi connectivity index (χ0n) is 10.8. The van der Waals surface area contributed by atoms with Gasteiger partial charge >= 0.3 is 99.3 Å². The predicted octanol–water partition coefficient (Wildman–Crippen LogP) is 4.50. The second-order valence-electron chi connectivity index (χ2n) is 7.62. The first-order chi connectivity index (χ1) is 6.91. The standard InChI is InChI=1S/C11H16.3CH3.Sn/c1-7-10-3-8-2-9(5-10)6-11(7)4-8;;;;/h8,10-11H,2-6H2,1H3;3*1H3;/q+1;;;;/t8?,10-,11+;;;;. The van der Waals surface area contributed by atoms with Crippen molar-refractivity contribution in [2.24, 2.45) is 17.8 Å². The minimum atomic E-state index is -1.71. The molecule has 4 aliphatic carbocycles. The van der Waals surface area contributed by atoms with Crippen LogP contribution in [-0.2, 0) is 0 Å². The Bertz CT molecular complexity index is 260. The van der Waals surface area contributed by atoms with Gasteiger partial charge in [0.15, 0.2) is 0 Å². The molecule has 0 saturated heterocycles. The van der Waals surface area contributed by atoms with E-state index in [9.17, 15) is 0 Å². The maximum atomic E-state index is 2.69. The van der Waals surface area contributed by atoms with Crippen LogP contribution in [0.2, 0.25) is 18.2 Å². The van der Waals surface area contributed by atoms with Crippen molar-refractivity contribution in [1.29, 1.82) is 0 Å². The van der Waals surface area contributed by atoms with E-state index in [-0.39, 0.29) is 0 Å². The van der Waals surface area contributed by atoms with Crippen LogP contribution in [0.5, 0.6) is 0 Å². The molecule has 1 heteroatoms. The fourth-order valence-electron chi connectivity index (χ4n) is 4.93. The third-order valence-electron chi connectivity index (χ3n) is 6.07. The Labute approximate surface area is 99.1 Å². The fourth-order valence-corrected chi connectivity index (χ4v) is 12.4. The normalized spacial score (nSPS) is 48.8. The van der Waals surface area contributed by atoms with Gasteiger partial charge < -0.3 is 0 Å². The first-order valence-corrected chi connectivity index (χ1v) is 16.7. The van der Waals surface area contributed by atoms with Gasteiger partial charge in [-0.05, 0) is 0 Å². The molecule has 0 aromatic heterocycles. The van der Waals surface area contributed by atoms with Gasteiger partial charge in [0.25, 0.3) is 0 Å². The molecule has 4 atom stereocenters. The summed E-state index contributed by atoms with van der Waals surface area (Å²) in [6, 6.07) is 0. The van der Waals surface area contributed by atoms with E-state index in [4.69, 9.17) is 0 Å². The average Bonchev–Trinajstić information content (AvgIpc) is 2.10. The number of hydrogen-bond donors (Lipinski definition) is 0. The molecule has 0 amide bonds. The van der Waals surface area contributed by atoms with Crippen LogP contribution >= 0.6 is 0 Å².